The topological polar surface area (TPSA) is 83.6 Å². The maximum absolute atomic E-state index is 12.3. The fraction of sp³-hybridized carbons (Fsp3) is 0.158. The SMILES string of the molecule is Cc1ccccc1Nc1nnc(S[C@@H](C)c2nc3ccccc3c(=O)[nH]2)s1. The molecule has 2 heterocycles. The standard InChI is InChI=1S/C19H17N5OS2/c1-11-7-3-5-9-14(11)21-18-23-24-19(27-18)26-12(2)16-20-15-10-6-4-8-13(15)17(25)22-16/h3-10,12H,1-2H3,(H,21,23)(H,20,22,25)/t12-/m0/s1. The number of fused-ring (bicyclic) bond motifs is 1. The van der Waals surface area contributed by atoms with Crippen molar-refractivity contribution in [3.63, 3.8) is 0 Å². The lowest BCUT2D eigenvalue weighted by Gasteiger charge is -2.09. The van der Waals surface area contributed by atoms with Crippen molar-refractivity contribution < 1.29 is 0 Å². The number of aromatic nitrogens is 4. The number of aromatic amines is 1. The molecule has 2 aromatic carbocycles. The number of H-pyrrole nitrogens is 1. The number of rotatable bonds is 5. The smallest absolute Gasteiger partial charge is 0.258 e. The number of hydrogen-bond donors (Lipinski definition) is 2. The van der Waals surface area contributed by atoms with Crippen LogP contribution in [0.4, 0.5) is 10.8 Å². The minimum Gasteiger partial charge on any atom is -0.330 e. The molecule has 0 bridgehead atoms. The Kier molecular flexibility index (Phi) is 4.91. The molecule has 1 atom stereocenters. The highest BCUT2D eigenvalue weighted by Crippen LogP contribution is 2.36. The average molecular weight is 396 g/mol. The molecule has 0 amide bonds. The van der Waals surface area contributed by atoms with E-state index in [-0.39, 0.29) is 10.8 Å². The third kappa shape index (κ3) is 3.86. The van der Waals surface area contributed by atoms with Gasteiger partial charge in [0.25, 0.3) is 5.56 Å². The van der Waals surface area contributed by atoms with Gasteiger partial charge < -0.3 is 10.3 Å². The molecule has 0 aliphatic carbocycles. The van der Waals surface area contributed by atoms with Crippen molar-refractivity contribution in [1.29, 1.82) is 0 Å². The number of benzene rings is 2. The Morgan fingerprint density at radius 1 is 1.11 bits per heavy atom. The molecule has 8 heteroatoms. The molecular weight excluding hydrogens is 378 g/mol. The Morgan fingerprint density at radius 2 is 1.89 bits per heavy atom. The summed E-state index contributed by atoms with van der Waals surface area (Å²) < 4.78 is 0.814. The van der Waals surface area contributed by atoms with E-state index in [1.54, 1.807) is 6.07 Å². The van der Waals surface area contributed by atoms with Crippen molar-refractivity contribution in [3.05, 3.63) is 70.3 Å². The summed E-state index contributed by atoms with van der Waals surface area (Å²) in [6, 6.07) is 15.4. The molecule has 27 heavy (non-hydrogen) atoms. The molecule has 0 fully saturated rings. The molecule has 0 unspecified atom stereocenters. The van der Waals surface area contributed by atoms with Gasteiger partial charge in [-0.25, -0.2) is 4.98 Å². The zero-order valence-corrected chi connectivity index (χ0v) is 16.4. The number of nitrogens with one attached hydrogen (secondary N) is 2. The van der Waals surface area contributed by atoms with Crippen LogP contribution < -0.4 is 10.9 Å². The molecule has 0 aliphatic rings. The van der Waals surface area contributed by atoms with Crippen molar-refractivity contribution in [1.82, 2.24) is 20.2 Å². The zero-order valence-electron chi connectivity index (χ0n) is 14.8. The van der Waals surface area contributed by atoms with Gasteiger partial charge in [0.2, 0.25) is 5.13 Å². The van der Waals surface area contributed by atoms with Crippen molar-refractivity contribution >= 4 is 44.8 Å². The van der Waals surface area contributed by atoms with Gasteiger partial charge >= 0.3 is 0 Å². The van der Waals surface area contributed by atoms with Gasteiger partial charge in [-0.2, -0.15) is 0 Å². The number of thioether (sulfide) groups is 1. The van der Waals surface area contributed by atoms with Gasteiger partial charge in [-0.1, -0.05) is 53.4 Å². The summed E-state index contributed by atoms with van der Waals surface area (Å²) in [5, 5.41) is 13.0. The first kappa shape index (κ1) is 17.7. The molecule has 0 aliphatic heterocycles. The van der Waals surface area contributed by atoms with E-state index < -0.39 is 0 Å². The van der Waals surface area contributed by atoms with Crippen LogP contribution >= 0.6 is 23.1 Å². The first-order valence-corrected chi connectivity index (χ1v) is 10.1. The molecule has 136 valence electrons. The molecular formula is C19H17N5OS2. The molecule has 4 rings (SSSR count). The molecule has 0 saturated heterocycles. The summed E-state index contributed by atoms with van der Waals surface area (Å²) in [6.07, 6.45) is 0. The van der Waals surface area contributed by atoms with Crippen molar-refractivity contribution in [2.45, 2.75) is 23.4 Å². The van der Waals surface area contributed by atoms with Crippen molar-refractivity contribution in [3.8, 4) is 0 Å². The molecule has 2 N–H and O–H groups in total. The average Bonchev–Trinajstić information content (AvgIpc) is 3.10. The number of hydrogen-bond acceptors (Lipinski definition) is 7. The Bertz CT molecular complexity index is 1150. The Balaban J connectivity index is 1.52. The summed E-state index contributed by atoms with van der Waals surface area (Å²) in [6.45, 7) is 4.04. The number of para-hydroxylation sites is 2. The van der Waals surface area contributed by atoms with Gasteiger partial charge in [0.1, 0.15) is 5.82 Å². The van der Waals surface area contributed by atoms with E-state index in [0.29, 0.717) is 16.7 Å². The number of nitrogens with zero attached hydrogens (tertiary/aromatic N) is 3. The van der Waals surface area contributed by atoms with Gasteiger partial charge in [-0.05, 0) is 37.6 Å². The number of anilines is 2. The predicted molar refractivity (Wildman–Crippen MR) is 111 cm³/mol. The van der Waals surface area contributed by atoms with Crippen molar-refractivity contribution in [2.24, 2.45) is 0 Å². The maximum atomic E-state index is 12.3. The fourth-order valence-electron chi connectivity index (χ4n) is 2.64. The lowest BCUT2D eigenvalue weighted by Crippen LogP contribution is -2.12. The molecule has 0 saturated carbocycles. The van der Waals surface area contributed by atoms with Gasteiger partial charge in [-0.15, -0.1) is 10.2 Å². The van der Waals surface area contributed by atoms with Crippen LogP contribution in [0.15, 0.2) is 57.7 Å². The number of aryl methyl sites for hydroxylation is 1. The summed E-state index contributed by atoms with van der Waals surface area (Å²) in [5.41, 5.74) is 2.73. The predicted octanol–water partition coefficient (Wildman–Crippen LogP) is 4.68. The minimum atomic E-state index is -0.123. The van der Waals surface area contributed by atoms with Gasteiger partial charge in [0, 0.05) is 5.69 Å². The van der Waals surface area contributed by atoms with E-state index in [4.69, 9.17) is 0 Å². The van der Waals surface area contributed by atoms with Gasteiger partial charge in [-0.3, -0.25) is 4.79 Å². The van der Waals surface area contributed by atoms with Crippen LogP contribution in [0.5, 0.6) is 0 Å². The first-order chi connectivity index (χ1) is 13.1. The zero-order chi connectivity index (χ0) is 18.8. The quantitative estimate of drug-likeness (QED) is 0.477. The van der Waals surface area contributed by atoms with E-state index in [9.17, 15) is 4.79 Å². The summed E-state index contributed by atoms with van der Waals surface area (Å²) >= 11 is 3.00. The molecule has 6 nitrogen and oxygen atoms in total. The second kappa shape index (κ2) is 7.50. The lowest BCUT2D eigenvalue weighted by atomic mass is 10.2. The van der Waals surface area contributed by atoms with Crippen LogP contribution in [-0.2, 0) is 0 Å². The van der Waals surface area contributed by atoms with Crippen LogP contribution in [0.25, 0.3) is 10.9 Å². The van der Waals surface area contributed by atoms with Gasteiger partial charge in [0.15, 0.2) is 4.34 Å². The van der Waals surface area contributed by atoms with E-state index in [1.807, 2.05) is 56.3 Å². The molecule has 4 aromatic rings. The van der Waals surface area contributed by atoms with E-state index in [1.165, 1.54) is 23.1 Å². The molecule has 0 spiro atoms. The second-order valence-corrected chi connectivity index (χ2v) is 8.61. The third-order valence-corrected chi connectivity index (χ3v) is 6.12. The van der Waals surface area contributed by atoms with Crippen LogP contribution in [-0.4, -0.2) is 20.2 Å². The highest BCUT2D eigenvalue weighted by Gasteiger charge is 2.15. The largest absolute Gasteiger partial charge is 0.330 e. The molecule has 0 radical (unpaired) electrons. The van der Waals surface area contributed by atoms with Crippen LogP contribution in [0.1, 0.15) is 23.6 Å². The van der Waals surface area contributed by atoms with Gasteiger partial charge in [0.05, 0.1) is 16.2 Å². The normalized spacial score (nSPS) is 12.2. The van der Waals surface area contributed by atoms with E-state index in [2.05, 4.69) is 25.5 Å². The van der Waals surface area contributed by atoms with Crippen LogP contribution in [0.3, 0.4) is 0 Å². The van der Waals surface area contributed by atoms with E-state index in [0.717, 1.165) is 20.7 Å². The maximum Gasteiger partial charge on any atom is 0.258 e. The molecule has 2 aromatic heterocycles. The first-order valence-electron chi connectivity index (χ1n) is 8.42. The lowest BCUT2D eigenvalue weighted by molar-refractivity contribution is 0.916. The van der Waals surface area contributed by atoms with Crippen molar-refractivity contribution in [2.75, 3.05) is 5.32 Å². The Hall–Kier alpha value is -2.71. The Morgan fingerprint density at radius 3 is 2.74 bits per heavy atom. The monoisotopic (exact) mass is 395 g/mol. The third-order valence-electron chi connectivity index (χ3n) is 4.09. The highest BCUT2D eigenvalue weighted by molar-refractivity contribution is 8.01. The summed E-state index contributed by atoms with van der Waals surface area (Å²) in [5.74, 6) is 0.632. The Labute approximate surface area is 164 Å². The summed E-state index contributed by atoms with van der Waals surface area (Å²) in [4.78, 5) is 19.7. The summed E-state index contributed by atoms with van der Waals surface area (Å²) in [7, 11) is 0. The van der Waals surface area contributed by atoms with Crippen LogP contribution in [0, 0.1) is 6.92 Å². The second-order valence-electron chi connectivity index (χ2n) is 6.04. The van der Waals surface area contributed by atoms with E-state index >= 15 is 0 Å². The van der Waals surface area contributed by atoms with Crippen LogP contribution in [0.2, 0.25) is 0 Å². The minimum absolute atomic E-state index is 0.0541. The highest BCUT2D eigenvalue weighted by atomic mass is 32.2. The fourth-order valence-corrected chi connectivity index (χ4v) is 4.61.